The Balaban J connectivity index is 1.63. The molecule has 0 unspecified atom stereocenters. The lowest BCUT2D eigenvalue weighted by molar-refractivity contribution is -0.133. The van der Waals surface area contributed by atoms with Gasteiger partial charge in [-0.2, -0.15) is 0 Å². The number of amides is 3. The molecule has 1 aromatic rings. The molecule has 1 saturated heterocycles. The van der Waals surface area contributed by atoms with Crippen molar-refractivity contribution in [2.24, 2.45) is 4.99 Å². The minimum absolute atomic E-state index is 0.0453. The van der Waals surface area contributed by atoms with E-state index in [1.165, 1.54) is 0 Å². The Kier molecular flexibility index (Phi) is 3.49. The first-order valence-corrected chi connectivity index (χ1v) is 7.84. The number of benzene rings is 1. The molecular weight excluding hydrogens is 296 g/mol. The topological polar surface area (TPSA) is 65.5 Å². The number of urea groups is 1. The molecule has 7 heteroatoms. The Labute approximate surface area is 134 Å². The highest BCUT2D eigenvalue weighted by Crippen LogP contribution is 2.30. The van der Waals surface area contributed by atoms with Gasteiger partial charge in [0.05, 0.1) is 25.4 Å². The molecule has 0 radical (unpaired) electrons. The van der Waals surface area contributed by atoms with Crippen LogP contribution in [-0.2, 0) is 9.53 Å². The average molecular weight is 314 g/mol. The molecule has 4 rings (SSSR count). The maximum atomic E-state index is 12.8. The number of carbonyl (C=O) groups is 2. The number of amidine groups is 1. The van der Waals surface area contributed by atoms with Crippen molar-refractivity contribution >= 4 is 23.5 Å². The molecule has 3 amide bonds. The number of hydrogen-bond acceptors (Lipinski definition) is 4. The summed E-state index contributed by atoms with van der Waals surface area (Å²) in [6.07, 6.45) is 0. The van der Waals surface area contributed by atoms with Gasteiger partial charge in [-0.1, -0.05) is 12.1 Å². The maximum absolute atomic E-state index is 12.8. The Morgan fingerprint density at radius 1 is 1.17 bits per heavy atom. The standard InChI is InChI=1S/C16H18N4O3/c21-14(18-7-9-23-10-8-18)11-20-13-4-2-1-3-12(13)15-17-5-6-19(15)16(20)22/h1-4H,5-11H2. The number of fused-ring (bicyclic) bond motifs is 3. The van der Waals surface area contributed by atoms with E-state index >= 15 is 0 Å². The quantitative estimate of drug-likeness (QED) is 0.800. The summed E-state index contributed by atoms with van der Waals surface area (Å²) in [5.41, 5.74) is 1.68. The third-order valence-electron chi connectivity index (χ3n) is 4.40. The van der Waals surface area contributed by atoms with Crippen LogP contribution in [0.25, 0.3) is 0 Å². The summed E-state index contributed by atoms with van der Waals surface area (Å²) in [6.45, 7) is 3.52. The summed E-state index contributed by atoms with van der Waals surface area (Å²) in [6, 6.07) is 7.46. The SMILES string of the molecule is O=C(CN1C(=O)N2CCN=C2c2ccccc21)N1CCOCC1. The summed E-state index contributed by atoms with van der Waals surface area (Å²) < 4.78 is 5.28. The lowest BCUT2D eigenvalue weighted by atomic mass is 10.1. The minimum Gasteiger partial charge on any atom is -0.378 e. The Hall–Kier alpha value is -2.41. The largest absolute Gasteiger partial charge is 0.378 e. The van der Waals surface area contributed by atoms with E-state index in [4.69, 9.17) is 4.74 Å². The van der Waals surface area contributed by atoms with Gasteiger partial charge in [0.2, 0.25) is 5.91 Å². The zero-order valence-electron chi connectivity index (χ0n) is 12.8. The molecule has 3 heterocycles. The van der Waals surface area contributed by atoms with Gasteiger partial charge in [-0.15, -0.1) is 0 Å². The van der Waals surface area contributed by atoms with Gasteiger partial charge in [-0.25, -0.2) is 4.79 Å². The van der Waals surface area contributed by atoms with Crippen LogP contribution in [0.4, 0.5) is 10.5 Å². The van der Waals surface area contributed by atoms with Crippen LogP contribution in [-0.4, -0.2) is 73.5 Å². The van der Waals surface area contributed by atoms with Gasteiger partial charge in [0.15, 0.2) is 0 Å². The number of nitrogens with zero attached hydrogens (tertiary/aromatic N) is 4. The summed E-state index contributed by atoms with van der Waals surface area (Å²) >= 11 is 0. The average Bonchev–Trinajstić information content (AvgIpc) is 3.09. The zero-order chi connectivity index (χ0) is 15.8. The normalized spacial score (nSPS) is 20.3. The lowest BCUT2D eigenvalue weighted by Gasteiger charge is -2.36. The minimum atomic E-state index is -0.165. The van der Waals surface area contributed by atoms with E-state index < -0.39 is 0 Å². The molecule has 3 aliphatic heterocycles. The Bertz CT molecular complexity index is 682. The predicted molar refractivity (Wildman–Crippen MR) is 84.7 cm³/mol. The molecule has 0 N–H and O–H groups in total. The molecule has 7 nitrogen and oxygen atoms in total. The van der Waals surface area contributed by atoms with Crippen molar-refractivity contribution in [1.29, 1.82) is 0 Å². The van der Waals surface area contributed by atoms with E-state index in [0.717, 1.165) is 17.1 Å². The Morgan fingerprint density at radius 2 is 1.96 bits per heavy atom. The number of rotatable bonds is 2. The summed E-state index contributed by atoms with van der Waals surface area (Å²) in [4.78, 5) is 34.7. The van der Waals surface area contributed by atoms with Crippen LogP contribution in [0.15, 0.2) is 29.3 Å². The van der Waals surface area contributed by atoms with E-state index in [1.54, 1.807) is 14.7 Å². The van der Waals surface area contributed by atoms with Gasteiger partial charge in [0.1, 0.15) is 12.4 Å². The van der Waals surface area contributed by atoms with E-state index in [2.05, 4.69) is 4.99 Å². The van der Waals surface area contributed by atoms with Crippen LogP contribution >= 0.6 is 0 Å². The first kappa shape index (κ1) is 14.2. The molecular formula is C16H18N4O3. The van der Waals surface area contributed by atoms with Crippen molar-refractivity contribution in [3.8, 4) is 0 Å². The number of hydrogen-bond donors (Lipinski definition) is 0. The van der Waals surface area contributed by atoms with Gasteiger partial charge in [-0.3, -0.25) is 19.6 Å². The summed E-state index contributed by atoms with van der Waals surface area (Å²) in [7, 11) is 0. The third-order valence-corrected chi connectivity index (χ3v) is 4.40. The lowest BCUT2D eigenvalue weighted by Crippen LogP contribution is -2.54. The highest BCUT2D eigenvalue weighted by Gasteiger charge is 2.38. The second kappa shape index (κ2) is 5.66. The van der Waals surface area contributed by atoms with E-state index in [9.17, 15) is 9.59 Å². The molecule has 23 heavy (non-hydrogen) atoms. The molecule has 120 valence electrons. The number of morpholine rings is 1. The van der Waals surface area contributed by atoms with E-state index in [-0.39, 0.29) is 18.5 Å². The first-order chi connectivity index (χ1) is 11.3. The van der Waals surface area contributed by atoms with Crippen LogP contribution in [0.3, 0.4) is 0 Å². The van der Waals surface area contributed by atoms with Crippen LogP contribution in [0.1, 0.15) is 5.56 Å². The predicted octanol–water partition coefficient (Wildman–Crippen LogP) is 0.548. The number of carbonyl (C=O) groups excluding carboxylic acids is 2. The second-order valence-electron chi connectivity index (χ2n) is 5.74. The first-order valence-electron chi connectivity index (χ1n) is 7.84. The van der Waals surface area contributed by atoms with Gasteiger partial charge in [0, 0.05) is 25.2 Å². The van der Waals surface area contributed by atoms with E-state index in [1.807, 2.05) is 24.3 Å². The molecule has 3 aliphatic rings. The smallest absolute Gasteiger partial charge is 0.330 e. The zero-order valence-corrected chi connectivity index (χ0v) is 12.8. The van der Waals surface area contributed by atoms with Crippen LogP contribution < -0.4 is 4.90 Å². The number of ether oxygens (including phenoxy) is 1. The highest BCUT2D eigenvalue weighted by molar-refractivity contribution is 6.20. The van der Waals surface area contributed by atoms with Gasteiger partial charge in [-0.05, 0) is 12.1 Å². The van der Waals surface area contributed by atoms with Gasteiger partial charge >= 0.3 is 6.03 Å². The molecule has 0 spiro atoms. The second-order valence-corrected chi connectivity index (χ2v) is 5.74. The summed E-state index contributed by atoms with van der Waals surface area (Å²) in [5.74, 6) is 0.678. The van der Waals surface area contributed by atoms with Crippen LogP contribution in [0.2, 0.25) is 0 Å². The third kappa shape index (κ3) is 2.37. The summed E-state index contributed by atoms with van der Waals surface area (Å²) in [5, 5.41) is 0. The number of para-hydroxylation sites is 1. The fourth-order valence-electron chi connectivity index (χ4n) is 3.21. The maximum Gasteiger partial charge on any atom is 0.330 e. The van der Waals surface area contributed by atoms with Gasteiger partial charge < -0.3 is 9.64 Å². The van der Waals surface area contributed by atoms with Gasteiger partial charge in [0.25, 0.3) is 0 Å². The van der Waals surface area contributed by atoms with Crippen molar-refractivity contribution in [2.75, 3.05) is 50.8 Å². The van der Waals surface area contributed by atoms with Crippen LogP contribution in [0, 0.1) is 0 Å². The molecule has 1 fully saturated rings. The van der Waals surface area contributed by atoms with Crippen molar-refractivity contribution in [2.45, 2.75) is 0 Å². The van der Waals surface area contributed by atoms with E-state index in [0.29, 0.717) is 39.4 Å². The fourth-order valence-corrected chi connectivity index (χ4v) is 3.21. The molecule has 0 aromatic heterocycles. The van der Waals surface area contributed by atoms with Crippen molar-refractivity contribution in [3.63, 3.8) is 0 Å². The van der Waals surface area contributed by atoms with Crippen molar-refractivity contribution in [1.82, 2.24) is 9.80 Å². The molecule has 0 atom stereocenters. The molecule has 0 saturated carbocycles. The Morgan fingerprint density at radius 3 is 2.78 bits per heavy atom. The van der Waals surface area contributed by atoms with Crippen molar-refractivity contribution < 1.29 is 14.3 Å². The monoisotopic (exact) mass is 314 g/mol. The number of anilines is 1. The molecule has 0 bridgehead atoms. The van der Waals surface area contributed by atoms with Crippen molar-refractivity contribution in [3.05, 3.63) is 29.8 Å². The highest BCUT2D eigenvalue weighted by atomic mass is 16.5. The molecule has 1 aromatic carbocycles. The fraction of sp³-hybridized carbons (Fsp3) is 0.438. The molecule has 0 aliphatic carbocycles. The van der Waals surface area contributed by atoms with Crippen LogP contribution in [0.5, 0.6) is 0 Å². The number of aliphatic imine (C=N–C) groups is 1.